The number of fused-ring (bicyclic) bond motifs is 8. The second kappa shape index (κ2) is 9.23. The number of aromatic nitrogens is 2. The van der Waals surface area contributed by atoms with E-state index in [0.717, 1.165) is 57.9 Å². The zero-order valence-corrected chi connectivity index (χ0v) is 24.0. The van der Waals surface area contributed by atoms with Crippen LogP contribution < -0.4 is 4.74 Å². The third-order valence-electron chi connectivity index (χ3n) is 9.34. The minimum absolute atomic E-state index is 0.0235. The lowest BCUT2D eigenvalue weighted by molar-refractivity contribution is 0.306. The van der Waals surface area contributed by atoms with Crippen LogP contribution in [0.4, 0.5) is 0 Å². The van der Waals surface area contributed by atoms with E-state index in [1.165, 1.54) is 50.6 Å². The Labute approximate surface area is 248 Å². The third-order valence-corrected chi connectivity index (χ3v) is 10.5. The summed E-state index contributed by atoms with van der Waals surface area (Å²) < 4.78 is 9.08. The van der Waals surface area contributed by atoms with Crippen molar-refractivity contribution in [3.8, 4) is 34.1 Å². The molecule has 1 aliphatic carbocycles. The quantitative estimate of drug-likeness (QED) is 0.211. The molecule has 0 bridgehead atoms. The molecular weight excluding hydrogens is 532 g/mol. The Hall–Kier alpha value is -4.54. The Morgan fingerprint density at radius 3 is 2.24 bits per heavy atom. The summed E-state index contributed by atoms with van der Waals surface area (Å²) >= 11 is 1.84. The number of hydrogen-bond donors (Lipinski definition) is 0. The van der Waals surface area contributed by atoms with Crippen LogP contribution in [0.15, 0.2) is 109 Å². The molecular formula is C38H28N2OS. The van der Waals surface area contributed by atoms with Gasteiger partial charge in [0.15, 0.2) is 5.82 Å². The van der Waals surface area contributed by atoms with Gasteiger partial charge in [0.25, 0.3) is 0 Å². The standard InChI is InChI=1S/C38H28N2OS/c1-8-20-38(21-9-1)29-12-4-6-14-32(29)41-33-19-17-25(22-30(33)38)37-39-31-13-5-2-11-28(31)36(40-37)24-16-18-27-26-10-3-7-15-34(26)42-35(27)23-24/h2-7,10-19,22-23H,1,8-9,20-21H2. The summed E-state index contributed by atoms with van der Waals surface area (Å²) in [7, 11) is 0. The second-order valence-electron chi connectivity index (χ2n) is 11.7. The first-order valence-corrected chi connectivity index (χ1v) is 15.7. The maximum atomic E-state index is 6.49. The first-order chi connectivity index (χ1) is 20.8. The second-order valence-corrected chi connectivity index (χ2v) is 12.8. The van der Waals surface area contributed by atoms with E-state index in [4.69, 9.17) is 14.7 Å². The van der Waals surface area contributed by atoms with Gasteiger partial charge in [0.1, 0.15) is 11.5 Å². The maximum Gasteiger partial charge on any atom is 0.160 e. The van der Waals surface area contributed by atoms with Gasteiger partial charge in [-0.2, -0.15) is 0 Å². The Balaban J connectivity index is 1.23. The molecule has 1 saturated carbocycles. The number of nitrogens with zero attached hydrogens (tertiary/aromatic N) is 2. The Morgan fingerprint density at radius 2 is 1.31 bits per heavy atom. The third kappa shape index (κ3) is 3.58. The van der Waals surface area contributed by atoms with Gasteiger partial charge in [0.2, 0.25) is 0 Å². The van der Waals surface area contributed by atoms with Crippen LogP contribution in [0.3, 0.4) is 0 Å². The predicted octanol–water partition coefficient (Wildman–Crippen LogP) is 10.7. The molecule has 0 amide bonds. The van der Waals surface area contributed by atoms with Crippen LogP contribution in [-0.4, -0.2) is 9.97 Å². The van der Waals surface area contributed by atoms with Gasteiger partial charge in [0.05, 0.1) is 11.2 Å². The molecule has 0 unspecified atom stereocenters. The van der Waals surface area contributed by atoms with Gasteiger partial charge >= 0.3 is 0 Å². The molecule has 1 spiro atoms. The van der Waals surface area contributed by atoms with Gasteiger partial charge in [0, 0.05) is 53.2 Å². The van der Waals surface area contributed by atoms with Crippen molar-refractivity contribution in [1.29, 1.82) is 0 Å². The monoisotopic (exact) mass is 560 g/mol. The normalized spacial score (nSPS) is 15.5. The molecule has 5 aromatic carbocycles. The summed E-state index contributed by atoms with van der Waals surface area (Å²) in [5.41, 5.74) is 6.67. The van der Waals surface area contributed by atoms with Crippen LogP contribution in [0.25, 0.3) is 53.7 Å². The average molecular weight is 561 g/mol. The highest BCUT2D eigenvalue weighted by Crippen LogP contribution is 2.55. The van der Waals surface area contributed by atoms with E-state index in [1.54, 1.807) is 0 Å². The number of rotatable bonds is 2. The number of ether oxygens (including phenoxy) is 1. The Bertz CT molecular complexity index is 2170. The smallest absolute Gasteiger partial charge is 0.160 e. The lowest BCUT2D eigenvalue weighted by Gasteiger charge is -2.43. The van der Waals surface area contributed by atoms with Crippen molar-refractivity contribution in [2.45, 2.75) is 37.5 Å². The van der Waals surface area contributed by atoms with Crippen molar-refractivity contribution in [2.75, 3.05) is 0 Å². The van der Waals surface area contributed by atoms with E-state index < -0.39 is 0 Å². The molecule has 4 heteroatoms. The van der Waals surface area contributed by atoms with Gasteiger partial charge in [-0.15, -0.1) is 11.3 Å². The van der Waals surface area contributed by atoms with Crippen LogP contribution in [-0.2, 0) is 5.41 Å². The predicted molar refractivity (Wildman–Crippen MR) is 174 cm³/mol. The fraction of sp³-hybridized carbons (Fsp3) is 0.158. The van der Waals surface area contributed by atoms with Gasteiger partial charge < -0.3 is 4.74 Å². The van der Waals surface area contributed by atoms with Crippen molar-refractivity contribution < 1.29 is 4.74 Å². The number of benzene rings is 5. The van der Waals surface area contributed by atoms with E-state index in [2.05, 4.69) is 109 Å². The van der Waals surface area contributed by atoms with Crippen molar-refractivity contribution in [1.82, 2.24) is 9.97 Å². The fourth-order valence-electron chi connectivity index (χ4n) is 7.34. The van der Waals surface area contributed by atoms with Gasteiger partial charge in [-0.3, -0.25) is 0 Å². The molecule has 0 radical (unpaired) electrons. The fourth-order valence-corrected chi connectivity index (χ4v) is 8.48. The lowest BCUT2D eigenvalue weighted by atomic mass is 9.64. The van der Waals surface area contributed by atoms with Gasteiger partial charge in [-0.05, 0) is 55.3 Å². The van der Waals surface area contributed by atoms with E-state index in [1.807, 2.05) is 11.3 Å². The minimum atomic E-state index is -0.0235. The molecule has 0 saturated heterocycles. The van der Waals surface area contributed by atoms with Crippen LogP contribution in [0.5, 0.6) is 11.5 Å². The topological polar surface area (TPSA) is 35.0 Å². The van der Waals surface area contributed by atoms with Crippen LogP contribution in [0.1, 0.15) is 43.2 Å². The highest BCUT2D eigenvalue weighted by atomic mass is 32.1. The molecule has 202 valence electrons. The Morgan fingerprint density at radius 1 is 0.571 bits per heavy atom. The molecule has 3 heterocycles. The number of para-hydroxylation sites is 2. The zero-order valence-electron chi connectivity index (χ0n) is 23.1. The van der Waals surface area contributed by atoms with Crippen LogP contribution in [0, 0.1) is 0 Å². The number of hydrogen-bond acceptors (Lipinski definition) is 4. The minimum Gasteiger partial charge on any atom is -0.457 e. The van der Waals surface area contributed by atoms with Crippen molar-refractivity contribution >= 4 is 42.4 Å². The summed E-state index contributed by atoms with van der Waals surface area (Å²) in [6.07, 6.45) is 6.04. The summed E-state index contributed by atoms with van der Waals surface area (Å²) in [6, 6.07) is 39.0. The zero-order chi connectivity index (χ0) is 27.7. The molecule has 2 aliphatic rings. The molecule has 1 aliphatic heterocycles. The molecule has 3 nitrogen and oxygen atoms in total. The first-order valence-electron chi connectivity index (χ1n) is 14.9. The van der Waals surface area contributed by atoms with E-state index >= 15 is 0 Å². The highest BCUT2D eigenvalue weighted by molar-refractivity contribution is 7.25. The van der Waals surface area contributed by atoms with E-state index in [-0.39, 0.29) is 5.41 Å². The van der Waals surface area contributed by atoms with Gasteiger partial charge in [-0.25, -0.2) is 9.97 Å². The summed E-state index contributed by atoms with van der Waals surface area (Å²) in [5, 5.41) is 3.68. The molecule has 7 aromatic rings. The molecule has 9 rings (SSSR count). The number of thiophene rings is 1. The summed E-state index contributed by atoms with van der Waals surface area (Å²) in [6.45, 7) is 0. The molecule has 0 atom stereocenters. The average Bonchev–Trinajstić information content (AvgIpc) is 3.43. The van der Waals surface area contributed by atoms with Crippen LogP contribution in [0.2, 0.25) is 0 Å². The summed E-state index contributed by atoms with van der Waals surface area (Å²) in [5.74, 6) is 2.73. The van der Waals surface area contributed by atoms with Gasteiger partial charge in [-0.1, -0.05) is 86.0 Å². The highest BCUT2D eigenvalue weighted by Gasteiger charge is 2.43. The summed E-state index contributed by atoms with van der Waals surface area (Å²) in [4.78, 5) is 10.4. The largest absolute Gasteiger partial charge is 0.457 e. The Kier molecular flexibility index (Phi) is 5.30. The lowest BCUT2D eigenvalue weighted by Crippen LogP contribution is -2.33. The SMILES string of the molecule is c1ccc2c(c1)Oc1ccc(-c3nc(-c4ccc5c(c4)sc4ccccc45)c4ccccc4n3)cc1C21CCCCC1. The van der Waals surface area contributed by atoms with E-state index in [9.17, 15) is 0 Å². The van der Waals surface area contributed by atoms with Crippen molar-refractivity contribution in [3.63, 3.8) is 0 Å². The molecule has 42 heavy (non-hydrogen) atoms. The van der Waals surface area contributed by atoms with Crippen LogP contribution >= 0.6 is 11.3 Å². The molecule has 2 aromatic heterocycles. The van der Waals surface area contributed by atoms with Crippen molar-refractivity contribution in [3.05, 3.63) is 120 Å². The molecule has 0 N–H and O–H groups in total. The van der Waals surface area contributed by atoms with E-state index in [0.29, 0.717) is 0 Å². The van der Waals surface area contributed by atoms with Crippen molar-refractivity contribution in [2.24, 2.45) is 0 Å². The maximum absolute atomic E-state index is 6.49. The first kappa shape index (κ1) is 24.1. The molecule has 1 fully saturated rings.